The lowest BCUT2D eigenvalue weighted by Crippen LogP contribution is -2.81. The van der Waals surface area contributed by atoms with Crippen molar-refractivity contribution in [2.75, 3.05) is 45.9 Å². The molecule has 1 saturated heterocycles. The molecule has 3 aliphatic heterocycles. The highest BCUT2D eigenvalue weighted by molar-refractivity contribution is 5.86. The molecular weight excluding hydrogens is 420 g/mol. The van der Waals surface area contributed by atoms with Crippen LogP contribution in [0.3, 0.4) is 0 Å². The standard InChI is InChI=1S/C26H36N2O5/c1-6-15-33-22-24(7-2)11-8-13-28-14-12-25(20(24)28)18-10-9-17(31-4)16-19(18)27(3)21(25)26(22,30)23(29)32-5/h8-11,16,20-22,30H,6-7,12-15H2,1-5H3/t20-,21+,22+,24+,25+,26-/m0/s1. The van der Waals surface area contributed by atoms with Gasteiger partial charge in [-0.05, 0) is 37.4 Å². The van der Waals surface area contributed by atoms with Gasteiger partial charge in [-0.15, -0.1) is 0 Å². The molecule has 6 atom stereocenters. The third-order valence-corrected chi connectivity index (χ3v) is 8.82. The van der Waals surface area contributed by atoms with Crippen molar-refractivity contribution in [3.63, 3.8) is 0 Å². The summed E-state index contributed by atoms with van der Waals surface area (Å²) in [5, 5.41) is 12.6. The number of hydrogen-bond donors (Lipinski definition) is 1. The van der Waals surface area contributed by atoms with Gasteiger partial charge < -0.3 is 24.2 Å². The van der Waals surface area contributed by atoms with E-state index in [0.717, 1.165) is 43.8 Å². The van der Waals surface area contributed by atoms with Crippen LogP contribution in [0, 0.1) is 5.41 Å². The van der Waals surface area contributed by atoms with Crippen LogP contribution in [-0.2, 0) is 19.7 Å². The molecule has 180 valence electrons. The number of likely N-dealkylation sites (N-methyl/N-ethyl adjacent to an activating group) is 1. The minimum atomic E-state index is -1.84. The van der Waals surface area contributed by atoms with Crippen molar-refractivity contribution in [2.24, 2.45) is 5.41 Å². The first-order valence-electron chi connectivity index (χ1n) is 12.1. The summed E-state index contributed by atoms with van der Waals surface area (Å²) in [6, 6.07) is 5.75. The number of aliphatic hydroxyl groups is 1. The molecular formula is C26H36N2O5. The molecule has 5 rings (SSSR count). The Labute approximate surface area is 196 Å². The van der Waals surface area contributed by atoms with Crippen molar-refractivity contribution < 1.29 is 24.1 Å². The third-order valence-electron chi connectivity index (χ3n) is 8.82. The average Bonchev–Trinajstić information content (AvgIpc) is 3.35. The van der Waals surface area contributed by atoms with E-state index in [1.54, 1.807) is 7.11 Å². The number of ether oxygens (including phenoxy) is 3. The highest BCUT2D eigenvalue weighted by atomic mass is 16.6. The average molecular weight is 457 g/mol. The molecule has 0 radical (unpaired) electrons. The molecule has 4 aliphatic rings. The van der Waals surface area contributed by atoms with Gasteiger partial charge in [0.1, 0.15) is 11.9 Å². The minimum Gasteiger partial charge on any atom is -0.497 e. The zero-order chi connectivity index (χ0) is 23.6. The summed E-state index contributed by atoms with van der Waals surface area (Å²) in [6.07, 6.45) is 6.10. The molecule has 1 spiro atoms. The SMILES string of the molecule is CCCO[C@@H]1[C@]2(CC)C=CCN3CC[C@@]4(c5ccc(OC)cc5N(C)[C@H]4[C@@]1(O)C(=O)OC)[C@@H]32. The Hall–Kier alpha value is -2.09. The Balaban J connectivity index is 1.83. The smallest absolute Gasteiger partial charge is 0.342 e. The molecule has 7 nitrogen and oxygen atoms in total. The molecule has 1 aliphatic carbocycles. The molecule has 3 heterocycles. The first-order chi connectivity index (χ1) is 15.9. The number of esters is 1. The van der Waals surface area contributed by atoms with Gasteiger partial charge in [0.2, 0.25) is 5.60 Å². The molecule has 1 saturated carbocycles. The van der Waals surface area contributed by atoms with Crippen LogP contribution in [0.15, 0.2) is 30.4 Å². The normalized spacial score (nSPS) is 38.6. The Kier molecular flexibility index (Phi) is 5.31. The van der Waals surface area contributed by atoms with Crippen molar-refractivity contribution in [2.45, 2.75) is 62.3 Å². The molecule has 1 aromatic carbocycles. The lowest BCUT2D eigenvalue weighted by Gasteiger charge is -2.64. The highest BCUT2D eigenvalue weighted by Gasteiger charge is 2.79. The number of nitrogens with zero attached hydrogens (tertiary/aromatic N) is 2. The molecule has 0 aromatic heterocycles. The van der Waals surface area contributed by atoms with E-state index >= 15 is 0 Å². The van der Waals surface area contributed by atoms with Crippen molar-refractivity contribution in [3.8, 4) is 5.75 Å². The largest absolute Gasteiger partial charge is 0.497 e. The van der Waals surface area contributed by atoms with Crippen molar-refractivity contribution in [3.05, 3.63) is 35.9 Å². The van der Waals surface area contributed by atoms with Crippen molar-refractivity contribution >= 4 is 11.7 Å². The van der Waals surface area contributed by atoms with Crippen LogP contribution in [0.1, 0.15) is 38.7 Å². The maximum atomic E-state index is 13.6. The van der Waals surface area contributed by atoms with Gasteiger partial charge in [0.25, 0.3) is 0 Å². The second-order valence-electron chi connectivity index (χ2n) is 10.0. The van der Waals surface area contributed by atoms with E-state index in [2.05, 4.69) is 34.9 Å². The number of fused-ring (bicyclic) bond motifs is 1. The monoisotopic (exact) mass is 456 g/mol. The van der Waals surface area contributed by atoms with Gasteiger partial charge in [-0.1, -0.05) is 32.1 Å². The summed E-state index contributed by atoms with van der Waals surface area (Å²) in [5.41, 5.74) is -0.626. The predicted octanol–water partition coefficient (Wildman–Crippen LogP) is 2.50. The maximum Gasteiger partial charge on any atom is 0.342 e. The van der Waals surface area contributed by atoms with Crippen LogP contribution in [0.25, 0.3) is 0 Å². The zero-order valence-corrected chi connectivity index (χ0v) is 20.3. The van der Waals surface area contributed by atoms with Gasteiger partial charge in [0.05, 0.1) is 20.3 Å². The second kappa shape index (κ2) is 7.72. The number of anilines is 1. The quantitative estimate of drug-likeness (QED) is 0.521. The Morgan fingerprint density at radius 1 is 1.24 bits per heavy atom. The van der Waals surface area contributed by atoms with Crippen LogP contribution in [0.2, 0.25) is 0 Å². The first kappa shape index (κ1) is 22.7. The van der Waals surface area contributed by atoms with E-state index in [-0.39, 0.29) is 6.04 Å². The summed E-state index contributed by atoms with van der Waals surface area (Å²) in [7, 11) is 4.99. The van der Waals surface area contributed by atoms with Crippen molar-refractivity contribution in [1.82, 2.24) is 4.90 Å². The molecule has 1 N–H and O–H groups in total. The Morgan fingerprint density at radius 2 is 2.03 bits per heavy atom. The van der Waals surface area contributed by atoms with Crippen LogP contribution in [-0.4, -0.2) is 80.7 Å². The summed E-state index contributed by atoms with van der Waals surface area (Å²) < 4.78 is 17.3. The van der Waals surface area contributed by atoms with Crippen LogP contribution >= 0.6 is 0 Å². The number of carbonyl (C=O) groups is 1. The van der Waals surface area contributed by atoms with Crippen LogP contribution < -0.4 is 9.64 Å². The van der Waals surface area contributed by atoms with E-state index < -0.39 is 34.5 Å². The van der Waals surface area contributed by atoms with E-state index in [9.17, 15) is 9.90 Å². The number of carbonyl (C=O) groups excluding carboxylic acids is 1. The van der Waals surface area contributed by atoms with E-state index in [1.807, 2.05) is 26.1 Å². The van der Waals surface area contributed by atoms with Gasteiger partial charge in [-0.3, -0.25) is 4.90 Å². The lowest BCUT2D eigenvalue weighted by atomic mass is 9.47. The minimum absolute atomic E-state index is 0.105. The van der Waals surface area contributed by atoms with Gasteiger partial charge in [0, 0.05) is 48.8 Å². The topological polar surface area (TPSA) is 71.5 Å². The highest BCUT2D eigenvalue weighted by Crippen LogP contribution is 2.67. The molecule has 0 bridgehead atoms. The Morgan fingerprint density at radius 3 is 2.70 bits per heavy atom. The second-order valence-corrected chi connectivity index (χ2v) is 10.0. The summed E-state index contributed by atoms with van der Waals surface area (Å²) in [4.78, 5) is 18.2. The molecule has 0 amide bonds. The molecule has 33 heavy (non-hydrogen) atoms. The molecule has 2 fully saturated rings. The Bertz CT molecular complexity index is 981. The zero-order valence-electron chi connectivity index (χ0n) is 20.3. The van der Waals surface area contributed by atoms with Gasteiger partial charge >= 0.3 is 5.97 Å². The number of hydrogen-bond acceptors (Lipinski definition) is 7. The summed E-state index contributed by atoms with van der Waals surface area (Å²) in [5.74, 6) is 0.138. The fourth-order valence-electron chi connectivity index (χ4n) is 7.83. The molecule has 7 heteroatoms. The summed E-state index contributed by atoms with van der Waals surface area (Å²) in [6.45, 7) is 6.44. The number of methoxy groups -OCH3 is 2. The predicted molar refractivity (Wildman–Crippen MR) is 126 cm³/mol. The third kappa shape index (κ3) is 2.59. The fourth-order valence-corrected chi connectivity index (χ4v) is 7.83. The molecule has 1 aromatic rings. The van der Waals surface area contributed by atoms with Gasteiger partial charge in [-0.25, -0.2) is 4.79 Å². The van der Waals surface area contributed by atoms with E-state index in [4.69, 9.17) is 14.2 Å². The van der Waals surface area contributed by atoms with Crippen LogP contribution in [0.5, 0.6) is 5.75 Å². The van der Waals surface area contributed by atoms with Gasteiger partial charge in [-0.2, -0.15) is 0 Å². The first-order valence-corrected chi connectivity index (χ1v) is 12.1. The summed E-state index contributed by atoms with van der Waals surface area (Å²) >= 11 is 0. The van der Waals surface area contributed by atoms with E-state index in [0.29, 0.717) is 6.61 Å². The lowest BCUT2D eigenvalue weighted by molar-refractivity contribution is -0.230. The van der Waals surface area contributed by atoms with E-state index in [1.165, 1.54) is 12.7 Å². The number of rotatable bonds is 6. The number of benzene rings is 1. The van der Waals surface area contributed by atoms with Crippen molar-refractivity contribution in [1.29, 1.82) is 0 Å². The van der Waals surface area contributed by atoms with Crippen LogP contribution in [0.4, 0.5) is 5.69 Å². The fraction of sp³-hybridized carbons (Fsp3) is 0.654. The molecule has 0 unspecified atom stereocenters. The van der Waals surface area contributed by atoms with Gasteiger partial charge in [0.15, 0.2) is 0 Å². The maximum absolute atomic E-state index is 13.6.